The molecule has 0 aliphatic carbocycles. The van der Waals surface area contributed by atoms with Gasteiger partial charge >= 0.3 is 0 Å². The van der Waals surface area contributed by atoms with E-state index in [9.17, 15) is 17.2 Å². The Morgan fingerprint density at radius 3 is 2.45 bits per heavy atom. The van der Waals surface area contributed by atoms with Crippen molar-refractivity contribution in [2.24, 2.45) is 0 Å². The molecule has 2 aromatic carbocycles. The van der Waals surface area contributed by atoms with Gasteiger partial charge in [-0.25, -0.2) is 26.6 Å². The number of halogens is 3. The molecule has 1 N–H and O–H groups in total. The van der Waals surface area contributed by atoms with Crippen LogP contribution in [0.1, 0.15) is 45.2 Å². The van der Waals surface area contributed by atoms with E-state index in [2.05, 4.69) is 22.2 Å². The van der Waals surface area contributed by atoms with Gasteiger partial charge in [0.1, 0.15) is 33.9 Å². The van der Waals surface area contributed by atoms with E-state index in [4.69, 9.17) is 5.10 Å². The summed E-state index contributed by atoms with van der Waals surface area (Å²) in [4.78, 5) is 5.87. The third-order valence-electron chi connectivity index (χ3n) is 7.28. The highest BCUT2D eigenvalue weighted by atomic mass is 32.2. The number of anilines is 1. The van der Waals surface area contributed by atoms with Crippen molar-refractivity contribution in [3.63, 3.8) is 0 Å². The number of benzene rings is 2. The van der Waals surface area contributed by atoms with Gasteiger partial charge in [-0.1, -0.05) is 12.1 Å². The zero-order valence-electron chi connectivity index (χ0n) is 24.0. The van der Waals surface area contributed by atoms with Crippen LogP contribution in [-0.4, -0.2) is 53.8 Å². The first-order valence-corrected chi connectivity index (χ1v) is 15.4. The van der Waals surface area contributed by atoms with E-state index in [1.165, 1.54) is 6.07 Å². The Morgan fingerprint density at radius 1 is 1.00 bits per heavy atom. The van der Waals surface area contributed by atoms with Crippen molar-refractivity contribution in [2.45, 2.75) is 55.8 Å². The van der Waals surface area contributed by atoms with Crippen LogP contribution in [-0.2, 0) is 15.6 Å². The molecule has 11 heteroatoms. The largest absolute Gasteiger partial charge is 0.365 e. The Morgan fingerprint density at radius 2 is 1.74 bits per heavy atom. The topological polar surface area (TPSA) is 80.1 Å². The number of nitrogens with one attached hydrogen (secondary N) is 1. The van der Waals surface area contributed by atoms with Gasteiger partial charge in [0.15, 0.2) is 9.84 Å². The molecule has 5 rings (SSSR count). The highest BCUT2D eigenvalue weighted by Crippen LogP contribution is 2.37. The summed E-state index contributed by atoms with van der Waals surface area (Å²) in [6, 6.07) is 10.4. The predicted molar refractivity (Wildman–Crippen MR) is 157 cm³/mol. The summed E-state index contributed by atoms with van der Waals surface area (Å²) in [5, 5.41) is 8.20. The molecule has 4 aromatic rings. The fourth-order valence-electron chi connectivity index (χ4n) is 5.17. The number of likely N-dealkylation sites (tertiary alicyclic amines) is 1. The summed E-state index contributed by atoms with van der Waals surface area (Å²) in [6.45, 7) is 7.88. The Balaban J connectivity index is 1.59. The minimum Gasteiger partial charge on any atom is -0.365 e. The second-order valence-corrected chi connectivity index (χ2v) is 13.8. The molecule has 0 radical (unpaired) electrons. The fraction of sp³-hybridized carbons (Fsp3) is 0.355. The zero-order chi connectivity index (χ0) is 30.2. The highest BCUT2D eigenvalue weighted by molar-refractivity contribution is 7.90. The molecule has 0 spiro atoms. The SMILES string of the molecule is CN1CCC(n2cc(-c3ccnc(NC(C)(C)C)c3)c(-c3cccc(CS(=O)(=O)c4cc(F)ccc4F)c3F)n2)CC1. The molecule has 222 valence electrons. The van der Waals surface area contributed by atoms with Crippen LogP contribution in [0, 0.1) is 17.5 Å². The Bertz CT molecular complexity index is 1710. The van der Waals surface area contributed by atoms with Gasteiger partial charge in [-0.3, -0.25) is 4.68 Å². The van der Waals surface area contributed by atoms with Crippen molar-refractivity contribution >= 4 is 15.7 Å². The maximum Gasteiger partial charge on any atom is 0.185 e. The Labute approximate surface area is 244 Å². The van der Waals surface area contributed by atoms with E-state index >= 15 is 4.39 Å². The number of rotatable bonds is 7. The van der Waals surface area contributed by atoms with Crippen molar-refractivity contribution in [2.75, 3.05) is 25.5 Å². The van der Waals surface area contributed by atoms with Gasteiger partial charge in [0.25, 0.3) is 0 Å². The van der Waals surface area contributed by atoms with E-state index in [-0.39, 0.29) is 22.7 Å². The second kappa shape index (κ2) is 11.5. The van der Waals surface area contributed by atoms with E-state index in [0.717, 1.165) is 43.6 Å². The van der Waals surface area contributed by atoms with Crippen LogP contribution >= 0.6 is 0 Å². The van der Waals surface area contributed by atoms with Gasteiger partial charge in [0, 0.05) is 34.6 Å². The lowest BCUT2D eigenvalue weighted by Crippen LogP contribution is -2.31. The minimum atomic E-state index is -4.39. The number of sulfone groups is 1. The molecule has 42 heavy (non-hydrogen) atoms. The van der Waals surface area contributed by atoms with E-state index in [1.807, 2.05) is 43.8 Å². The second-order valence-electron chi connectivity index (χ2n) is 11.8. The summed E-state index contributed by atoms with van der Waals surface area (Å²) in [5.41, 5.74) is 1.51. The molecule has 2 aromatic heterocycles. The minimum absolute atomic E-state index is 0.116. The molecule has 7 nitrogen and oxygen atoms in total. The van der Waals surface area contributed by atoms with Crippen LogP contribution in [0.5, 0.6) is 0 Å². The molecule has 1 saturated heterocycles. The molecule has 0 bridgehead atoms. The molecular weight excluding hydrogens is 563 g/mol. The number of pyridine rings is 1. The van der Waals surface area contributed by atoms with Gasteiger partial charge in [0.05, 0.1) is 11.8 Å². The van der Waals surface area contributed by atoms with Crippen LogP contribution in [0.2, 0.25) is 0 Å². The van der Waals surface area contributed by atoms with Crippen molar-refractivity contribution in [3.05, 3.63) is 83.9 Å². The number of aromatic nitrogens is 3. The molecule has 0 atom stereocenters. The van der Waals surface area contributed by atoms with Crippen LogP contribution < -0.4 is 5.32 Å². The molecule has 1 aliphatic rings. The lowest BCUT2D eigenvalue weighted by Gasteiger charge is -2.29. The lowest BCUT2D eigenvalue weighted by atomic mass is 10.00. The van der Waals surface area contributed by atoms with Crippen LogP contribution in [0.4, 0.5) is 19.0 Å². The van der Waals surface area contributed by atoms with Gasteiger partial charge in [-0.05, 0) is 95.7 Å². The monoisotopic (exact) mass is 597 g/mol. The molecule has 0 amide bonds. The van der Waals surface area contributed by atoms with Crippen molar-refractivity contribution < 1.29 is 21.6 Å². The predicted octanol–water partition coefficient (Wildman–Crippen LogP) is 6.48. The maximum atomic E-state index is 16.2. The number of hydrogen-bond donors (Lipinski definition) is 1. The highest BCUT2D eigenvalue weighted by Gasteiger charge is 2.27. The average molecular weight is 598 g/mol. The van der Waals surface area contributed by atoms with Crippen molar-refractivity contribution in [1.29, 1.82) is 0 Å². The quantitative estimate of drug-likeness (QED) is 0.263. The fourth-order valence-corrected chi connectivity index (χ4v) is 6.62. The smallest absolute Gasteiger partial charge is 0.185 e. The zero-order valence-corrected chi connectivity index (χ0v) is 24.9. The summed E-state index contributed by atoms with van der Waals surface area (Å²) >= 11 is 0. The molecular formula is C31H34F3N5O2S. The van der Waals surface area contributed by atoms with Gasteiger partial charge < -0.3 is 10.2 Å². The Hall–Kier alpha value is -3.70. The first kappa shape index (κ1) is 29.8. The normalized spacial score (nSPS) is 15.2. The number of hydrogen-bond acceptors (Lipinski definition) is 6. The van der Waals surface area contributed by atoms with Gasteiger partial charge in [-0.15, -0.1) is 0 Å². The number of piperidine rings is 1. The maximum absolute atomic E-state index is 16.2. The van der Waals surface area contributed by atoms with Crippen LogP contribution in [0.3, 0.4) is 0 Å². The standard InChI is InChI=1S/C31H34F3N5O2S/c1-31(2,3)36-28-16-20(10-13-35-28)25-18-39(23-11-14-38(4)15-12-23)37-30(25)24-7-5-6-21(29(24)34)19-42(40,41)27-17-22(32)8-9-26(27)33/h5-10,13,16-18,23H,11-12,14-15,19H2,1-4H3,(H,35,36). The third kappa shape index (κ3) is 6.52. The first-order chi connectivity index (χ1) is 19.8. The molecule has 0 unspecified atom stereocenters. The molecule has 0 saturated carbocycles. The summed E-state index contributed by atoms with van der Waals surface area (Å²) in [5.74, 6) is -2.96. The molecule has 1 aliphatic heterocycles. The van der Waals surface area contributed by atoms with Crippen molar-refractivity contribution in [3.8, 4) is 22.4 Å². The molecule has 1 fully saturated rings. The van der Waals surface area contributed by atoms with Gasteiger partial charge in [0.2, 0.25) is 0 Å². The summed E-state index contributed by atoms with van der Waals surface area (Å²) in [6.07, 6.45) is 5.34. The van der Waals surface area contributed by atoms with Gasteiger partial charge in [-0.2, -0.15) is 5.10 Å². The Kier molecular flexibility index (Phi) is 8.17. The van der Waals surface area contributed by atoms with Crippen LogP contribution in [0.25, 0.3) is 22.4 Å². The van der Waals surface area contributed by atoms with Crippen molar-refractivity contribution in [1.82, 2.24) is 19.7 Å². The number of nitrogens with zero attached hydrogens (tertiary/aromatic N) is 4. The molecule has 3 heterocycles. The van der Waals surface area contributed by atoms with E-state index in [1.54, 1.807) is 18.3 Å². The van der Waals surface area contributed by atoms with E-state index in [0.29, 0.717) is 23.1 Å². The van der Waals surface area contributed by atoms with E-state index < -0.39 is 37.9 Å². The summed E-state index contributed by atoms with van der Waals surface area (Å²) < 4.78 is 72.2. The lowest BCUT2D eigenvalue weighted by molar-refractivity contribution is 0.212. The summed E-state index contributed by atoms with van der Waals surface area (Å²) in [7, 11) is -2.32. The third-order valence-corrected chi connectivity index (χ3v) is 8.95. The average Bonchev–Trinajstić information content (AvgIpc) is 3.36. The first-order valence-electron chi connectivity index (χ1n) is 13.8. The van der Waals surface area contributed by atoms with Crippen LogP contribution in [0.15, 0.2) is 65.8 Å².